The maximum absolute atomic E-state index is 12.5. The predicted molar refractivity (Wildman–Crippen MR) is 173 cm³/mol. The summed E-state index contributed by atoms with van der Waals surface area (Å²) in [5.41, 5.74) is -0.360. The Morgan fingerprint density at radius 3 is 1.23 bits per heavy atom. The molecule has 0 saturated heterocycles. The molecule has 0 aliphatic rings. The van der Waals surface area contributed by atoms with Gasteiger partial charge in [0.05, 0.1) is 11.4 Å². The van der Waals surface area contributed by atoms with Crippen LogP contribution in [-0.2, 0) is 20.2 Å². The van der Waals surface area contributed by atoms with E-state index < -0.39 is 30.0 Å². The molecule has 4 N–H and O–H groups in total. The van der Waals surface area contributed by atoms with Crippen molar-refractivity contribution in [3.05, 3.63) is 109 Å². The fraction of sp³-hybridized carbons (Fsp3) is 0. The van der Waals surface area contributed by atoms with E-state index in [1.54, 1.807) is 36.4 Å². The molecule has 6 aromatic rings. The Balaban J connectivity index is 0.00000217. The second-order valence-corrected chi connectivity index (χ2v) is 12.8. The molecule has 0 radical (unpaired) electrons. The summed E-state index contributed by atoms with van der Waals surface area (Å²) in [6.45, 7) is 0. The Labute approximate surface area is 322 Å². The molecule has 48 heavy (non-hydrogen) atoms. The summed E-state index contributed by atoms with van der Waals surface area (Å²) in [6, 6.07) is 27.4. The zero-order chi connectivity index (χ0) is 32.6. The number of fused-ring (bicyclic) bond motifs is 2. The largest absolute Gasteiger partial charge is 1.00 e. The molecule has 0 heterocycles. The summed E-state index contributed by atoms with van der Waals surface area (Å²) in [5, 5.41) is 39.7. The van der Waals surface area contributed by atoms with Gasteiger partial charge in [0.2, 0.25) is 0 Å². The topological polar surface area (TPSA) is 199 Å². The number of nitrogens with zero attached hydrogens (tertiary/aromatic N) is 4. The van der Waals surface area contributed by atoms with Crippen molar-refractivity contribution in [2.45, 2.75) is 9.79 Å². The van der Waals surface area contributed by atoms with Gasteiger partial charge in [-0.1, -0.05) is 72.8 Å². The number of hydrogen-bond donors (Lipinski definition) is 4. The zero-order valence-corrected chi connectivity index (χ0v) is 31.1. The van der Waals surface area contributed by atoms with Crippen molar-refractivity contribution in [1.29, 1.82) is 0 Å². The fourth-order valence-corrected chi connectivity index (χ4v) is 6.38. The van der Waals surface area contributed by atoms with E-state index in [4.69, 9.17) is 0 Å². The molecule has 16 heteroatoms. The normalized spacial score (nSPS) is 12.0. The van der Waals surface area contributed by atoms with Crippen LogP contribution in [-0.4, -0.2) is 36.2 Å². The van der Waals surface area contributed by atoms with Crippen LogP contribution in [0.3, 0.4) is 0 Å². The first kappa shape index (κ1) is 37.3. The first-order chi connectivity index (χ1) is 21.9. The average molecular weight is 703 g/mol. The number of benzene rings is 6. The number of aromatic hydroxyl groups is 2. The molecular weight excluding hydrogens is 678 g/mol. The van der Waals surface area contributed by atoms with Crippen molar-refractivity contribution in [2.75, 3.05) is 0 Å². The van der Waals surface area contributed by atoms with Gasteiger partial charge in [-0.3, -0.25) is 9.11 Å². The van der Waals surface area contributed by atoms with Gasteiger partial charge in [-0.15, -0.1) is 10.2 Å². The molecule has 0 aliphatic heterocycles. The number of azo groups is 2. The molecule has 0 unspecified atom stereocenters. The van der Waals surface area contributed by atoms with E-state index in [0.717, 1.165) is 22.9 Å². The molecule has 0 fully saturated rings. The Hall–Kier alpha value is -3.54. The third-order valence-electron chi connectivity index (χ3n) is 7.07. The summed E-state index contributed by atoms with van der Waals surface area (Å²) < 4.78 is 70.1. The molecule has 6 rings (SSSR count). The molecule has 6 aromatic carbocycles. The minimum Gasteiger partial charge on any atom is -1.00 e. The standard InChI is InChI=1S/C32H22N4O8S2.2Na.2H/c37-27-15-9-19-5-1-3-7-23(19)31(27)35-33-21-11-13-25(29(17-21)45(39,40)41)26-14-12-22(18-30(26)46(42,43)44)34-36-32-24-8-4-2-6-20(24)10-16-28(32)38;;;;/h1-18,37-38H,(H,39,40,41)(H,42,43,44);;;;/q;2*+1;2*-1. The van der Waals surface area contributed by atoms with Crippen molar-refractivity contribution >= 4 is 64.5 Å². The van der Waals surface area contributed by atoms with Crippen LogP contribution >= 0.6 is 0 Å². The van der Waals surface area contributed by atoms with Gasteiger partial charge in [0.1, 0.15) is 32.7 Å². The van der Waals surface area contributed by atoms with Crippen LogP contribution in [0.2, 0.25) is 0 Å². The van der Waals surface area contributed by atoms with Crippen LogP contribution in [0.15, 0.2) is 139 Å². The minimum atomic E-state index is -4.97. The number of phenols is 2. The summed E-state index contributed by atoms with van der Waals surface area (Å²) >= 11 is 0. The molecule has 0 aromatic heterocycles. The Morgan fingerprint density at radius 2 is 0.854 bits per heavy atom. The molecule has 0 saturated carbocycles. The van der Waals surface area contributed by atoms with Crippen molar-refractivity contribution in [2.24, 2.45) is 20.5 Å². The van der Waals surface area contributed by atoms with Gasteiger partial charge in [-0.25, -0.2) is 0 Å². The van der Waals surface area contributed by atoms with E-state index in [1.807, 2.05) is 24.3 Å². The van der Waals surface area contributed by atoms with Crippen LogP contribution in [0.4, 0.5) is 22.7 Å². The SMILES string of the molecule is O=S(=O)(O)c1cc(N=Nc2c(O)ccc3ccccc23)ccc1-c1ccc(N=Nc2c(O)ccc3ccccc23)cc1S(=O)(=O)O.[H-].[H-].[Na+].[Na+]. The van der Waals surface area contributed by atoms with E-state index in [0.29, 0.717) is 10.8 Å². The van der Waals surface area contributed by atoms with Gasteiger partial charge in [0.25, 0.3) is 20.2 Å². The van der Waals surface area contributed by atoms with Gasteiger partial charge in [0, 0.05) is 21.9 Å². The Kier molecular flexibility index (Phi) is 11.6. The molecular formula is C32H24N4Na2O8S2. The maximum atomic E-state index is 12.5. The van der Waals surface area contributed by atoms with Crippen LogP contribution in [0.25, 0.3) is 32.7 Å². The molecule has 0 atom stereocenters. The molecule has 234 valence electrons. The minimum absolute atomic E-state index is 0. The number of hydrogen-bond acceptors (Lipinski definition) is 10. The second-order valence-electron chi connectivity index (χ2n) is 10.0. The van der Waals surface area contributed by atoms with Crippen LogP contribution in [0.5, 0.6) is 11.5 Å². The summed E-state index contributed by atoms with van der Waals surface area (Å²) in [6.07, 6.45) is 0. The van der Waals surface area contributed by atoms with Crippen molar-refractivity contribution < 1.29 is 98.1 Å². The van der Waals surface area contributed by atoms with E-state index in [-0.39, 0.29) is 107 Å². The molecule has 0 amide bonds. The van der Waals surface area contributed by atoms with Crippen LogP contribution in [0, 0.1) is 0 Å². The van der Waals surface area contributed by atoms with Gasteiger partial charge in [-0.2, -0.15) is 27.1 Å². The number of phenolic OH excluding ortho intramolecular Hbond substituents is 2. The second kappa shape index (κ2) is 14.9. The Bertz CT molecular complexity index is 2310. The van der Waals surface area contributed by atoms with Gasteiger partial charge in [0.15, 0.2) is 0 Å². The summed E-state index contributed by atoms with van der Waals surface area (Å²) in [4.78, 5) is -1.43. The maximum Gasteiger partial charge on any atom is 1.00 e. The first-order valence-electron chi connectivity index (χ1n) is 13.4. The van der Waals surface area contributed by atoms with Crippen molar-refractivity contribution in [3.8, 4) is 22.6 Å². The summed E-state index contributed by atoms with van der Waals surface area (Å²) in [7, 11) is -9.94. The molecule has 0 spiro atoms. The van der Waals surface area contributed by atoms with E-state index >= 15 is 0 Å². The number of rotatable bonds is 7. The molecule has 0 bridgehead atoms. The quantitative estimate of drug-likeness (QED) is 0.111. The van der Waals surface area contributed by atoms with Crippen molar-refractivity contribution in [1.82, 2.24) is 0 Å². The first-order valence-corrected chi connectivity index (χ1v) is 16.3. The van der Waals surface area contributed by atoms with Gasteiger partial charge < -0.3 is 13.1 Å². The smallest absolute Gasteiger partial charge is 1.00 e. The van der Waals surface area contributed by atoms with E-state index in [1.165, 1.54) is 36.4 Å². The zero-order valence-electron chi connectivity index (χ0n) is 27.4. The van der Waals surface area contributed by atoms with Crippen LogP contribution in [0.1, 0.15) is 2.85 Å². The van der Waals surface area contributed by atoms with Crippen LogP contribution < -0.4 is 59.1 Å². The molecule has 12 nitrogen and oxygen atoms in total. The fourth-order valence-electron chi connectivity index (χ4n) is 4.93. The molecule has 0 aliphatic carbocycles. The van der Waals surface area contributed by atoms with E-state index in [2.05, 4.69) is 20.5 Å². The third kappa shape index (κ3) is 7.84. The van der Waals surface area contributed by atoms with Gasteiger partial charge in [-0.05, 0) is 47.2 Å². The third-order valence-corrected chi connectivity index (χ3v) is 8.85. The predicted octanol–water partition coefficient (Wildman–Crippen LogP) is 2.63. The van der Waals surface area contributed by atoms with Crippen molar-refractivity contribution in [3.63, 3.8) is 0 Å². The van der Waals surface area contributed by atoms with Gasteiger partial charge >= 0.3 is 59.1 Å². The van der Waals surface area contributed by atoms with E-state index in [9.17, 15) is 36.2 Å². The average Bonchev–Trinajstić information content (AvgIpc) is 3.03. The Morgan fingerprint density at radius 1 is 0.479 bits per heavy atom. The summed E-state index contributed by atoms with van der Waals surface area (Å²) in [5.74, 6) is -0.334. The monoisotopic (exact) mass is 702 g/mol.